The highest BCUT2D eigenvalue weighted by Gasteiger charge is 2.10. The largest absolute Gasteiger partial charge is 0.295 e. The summed E-state index contributed by atoms with van der Waals surface area (Å²) >= 11 is 1.27. The lowest BCUT2D eigenvalue weighted by Crippen LogP contribution is -2.19. The van der Waals surface area contributed by atoms with E-state index >= 15 is 0 Å². The molecule has 0 radical (unpaired) electrons. The molecule has 0 atom stereocenters. The molecule has 0 unspecified atom stereocenters. The molecule has 0 saturated carbocycles. The molecule has 6 heteroatoms. The molecule has 1 N–H and O–H groups in total. The van der Waals surface area contributed by atoms with E-state index in [-0.39, 0.29) is 0 Å². The van der Waals surface area contributed by atoms with Crippen molar-refractivity contribution in [1.82, 2.24) is 9.97 Å². The zero-order valence-corrected chi connectivity index (χ0v) is 9.82. The number of anilines is 1. The number of pyridine rings is 1. The van der Waals surface area contributed by atoms with Gasteiger partial charge in [0.2, 0.25) is 5.78 Å². The highest BCUT2D eigenvalue weighted by Crippen LogP contribution is 2.24. The Hall–Kier alpha value is -2.08. The van der Waals surface area contributed by atoms with Gasteiger partial charge < -0.3 is 0 Å². The summed E-state index contributed by atoms with van der Waals surface area (Å²) in [5.41, 5.74) is 1.66. The molecule has 2 rings (SSSR count). The summed E-state index contributed by atoms with van der Waals surface area (Å²) in [5.74, 6) is -1.19. The lowest BCUT2D eigenvalue weighted by Gasteiger charge is -1.96. The first-order valence-electron chi connectivity index (χ1n) is 4.84. The van der Waals surface area contributed by atoms with Crippen LogP contribution in [0.3, 0.4) is 0 Å². The Bertz CT molecular complexity index is 551. The average Bonchev–Trinajstić information content (AvgIpc) is 2.78. The molecule has 5 nitrogen and oxygen atoms in total. The number of thiazole rings is 1. The van der Waals surface area contributed by atoms with Crippen LogP contribution in [-0.4, -0.2) is 21.7 Å². The van der Waals surface area contributed by atoms with Crippen molar-refractivity contribution >= 4 is 28.2 Å². The van der Waals surface area contributed by atoms with Crippen molar-refractivity contribution < 1.29 is 9.59 Å². The molecule has 0 saturated heterocycles. The molecule has 0 fully saturated rings. The Morgan fingerprint density at radius 2 is 2.00 bits per heavy atom. The summed E-state index contributed by atoms with van der Waals surface area (Å²) < 4.78 is 0. The lowest BCUT2D eigenvalue weighted by molar-refractivity contribution is -0.133. The first-order valence-corrected chi connectivity index (χ1v) is 5.72. The molecular weight excluding hydrogens is 238 g/mol. The van der Waals surface area contributed by atoms with Gasteiger partial charge in [-0.25, -0.2) is 4.98 Å². The van der Waals surface area contributed by atoms with Crippen molar-refractivity contribution in [3.05, 3.63) is 29.9 Å². The Kier molecular flexibility index (Phi) is 3.24. The van der Waals surface area contributed by atoms with E-state index < -0.39 is 11.7 Å². The van der Waals surface area contributed by atoms with Crippen LogP contribution >= 0.6 is 11.3 Å². The molecule has 0 aromatic carbocycles. The van der Waals surface area contributed by atoms with Gasteiger partial charge >= 0.3 is 0 Å². The monoisotopic (exact) mass is 247 g/mol. The Morgan fingerprint density at radius 1 is 1.29 bits per heavy atom. The van der Waals surface area contributed by atoms with E-state index in [0.29, 0.717) is 5.13 Å². The number of nitrogens with one attached hydrogen (secondary N) is 1. The Balaban J connectivity index is 2.17. The molecule has 0 bridgehead atoms. The molecule has 86 valence electrons. The molecule has 17 heavy (non-hydrogen) atoms. The summed E-state index contributed by atoms with van der Waals surface area (Å²) in [5, 5.41) is 4.66. The van der Waals surface area contributed by atoms with Crippen LogP contribution in [0.4, 0.5) is 5.13 Å². The highest BCUT2D eigenvalue weighted by atomic mass is 32.1. The zero-order chi connectivity index (χ0) is 12.3. The predicted molar refractivity (Wildman–Crippen MR) is 64.7 cm³/mol. The SMILES string of the molecule is CC(=O)C(=O)Nc1nc(-c2ccncc2)cs1. The van der Waals surface area contributed by atoms with E-state index in [1.54, 1.807) is 12.4 Å². The van der Waals surface area contributed by atoms with E-state index in [4.69, 9.17) is 0 Å². The van der Waals surface area contributed by atoms with Gasteiger partial charge in [0.25, 0.3) is 5.91 Å². The van der Waals surface area contributed by atoms with Crippen molar-refractivity contribution in [3.8, 4) is 11.3 Å². The number of ketones is 1. The zero-order valence-electron chi connectivity index (χ0n) is 9.01. The summed E-state index contributed by atoms with van der Waals surface area (Å²) in [6.45, 7) is 1.21. The number of Topliss-reactive ketones (excluding diaryl/α,β-unsaturated/α-hetero) is 1. The van der Waals surface area contributed by atoms with Gasteiger partial charge in [0.15, 0.2) is 5.13 Å². The standard InChI is InChI=1S/C11H9N3O2S/c1-7(15)10(16)14-11-13-9(6-17-11)8-2-4-12-5-3-8/h2-6H,1H3,(H,13,14,16). The second kappa shape index (κ2) is 4.84. The van der Waals surface area contributed by atoms with E-state index in [9.17, 15) is 9.59 Å². The first-order chi connectivity index (χ1) is 8.16. The number of aromatic nitrogens is 2. The predicted octanol–water partition coefficient (Wildman–Crippen LogP) is 1.73. The average molecular weight is 247 g/mol. The van der Waals surface area contributed by atoms with Crippen LogP contribution in [0.2, 0.25) is 0 Å². The fourth-order valence-corrected chi connectivity index (χ4v) is 1.89. The number of rotatable bonds is 3. The maximum atomic E-state index is 11.2. The number of hydrogen-bond donors (Lipinski definition) is 1. The van der Waals surface area contributed by atoms with Gasteiger partial charge in [-0.3, -0.25) is 19.9 Å². The van der Waals surface area contributed by atoms with Crippen LogP contribution < -0.4 is 5.32 Å². The number of nitrogens with zero attached hydrogens (tertiary/aromatic N) is 2. The van der Waals surface area contributed by atoms with Gasteiger partial charge in [-0.15, -0.1) is 11.3 Å². The summed E-state index contributed by atoms with van der Waals surface area (Å²) in [4.78, 5) is 30.1. The summed E-state index contributed by atoms with van der Waals surface area (Å²) in [7, 11) is 0. The summed E-state index contributed by atoms with van der Waals surface area (Å²) in [6.07, 6.45) is 3.34. The molecule has 0 aliphatic heterocycles. The fraction of sp³-hybridized carbons (Fsp3) is 0.0909. The van der Waals surface area contributed by atoms with Crippen LogP contribution in [0.15, 0.2) is 29.9 Å². The van der Waals surface area contributed by atoms with Gasteiger partial charge in [-0.1, -0.05) is 0 Å². The molecule has 0 spiro atoms. The van der Waals surface area contributed by atoms with E-state index in [2.05, 4.69) is 15.3 Å². The Labute approximate surface area is 102 Å². The van der Waals surface area contributed by atoms with Crippen molar-refractivity contribution in [2.24, 2.45) is 0 Å². The first kappa shape index (κ1) is 11.4. The van der Waals surface area contributed by atoms with Crippen molar-refractivity contribution in [3.63, 3.8) is 0 Å². The number of amides is 1. The van der Waals surface area contributed by atoms with Crippen molar-refractivity contribution in [2.45, 2.75) is 6.92 Å². The summed E-state index contributed by atoms with van der Waals surface area (Å²) in [6, 6.07) is 3.65. The molecule has 0 aliphatic rings. The van der Waals surface area contributed by atoms with E-state index in [1.165, 1.54) is 18.3 Å². The number of carbonyl (C=O) groups excluding carboxylic acids is 2. The van der Waals surface area contributed by atoms with Crippen LogP contribution in [0.25, 0.3) is 11.3 Å². The van der Waals surface area contributed by atoms with E-state index in [0.717, 1.165) is 11.3 Å². The quantitative estimate of drug-likeness (QED) is 0.838. The highest BCUT2D eigenvalue weighted by molar-refractivity contribution is 7.14. The third-order valence-electron chi connectivity index (χ3n) is 2.02. The van der Waals surface area contributed by atoms with E-state index in [1.807, 2.05) is 17.5 Å². The van der Waals surface area contributed by atoms with Crippen molar-refractivity contribution in [1.29, 1.82) is 0 Å². The normalized spacial score (nSPS) is 9.94. The van der Waals surface area contributed by atoms with Crippen molar-refractivity contribution in [2.75, 3.05) is 5.32 Å². The molecular formula is C11H9N3O2S. The lowest BCUT2D eigenvalue weighted by atomic mass is 10.2. The van der Waals surface area contributed by atoms with Gasteiger partial charge in [0, 0.05) is 30.3 Å². The van der Waals surface area contributed by atoms with Crippen LogP contribution in [0.5, 0.6) is 0 Å². The molecule has 0 aliphatic carbocycles. The minimum atomic E-state index is -0.652. The fourth-order valence-electron chi connectivity index (χ4n) is 1.17. The minimum absolute atomic E-state index is 0.414. The maximum Gasteiger partial charge on any atom is 0.293 e. The minimum Gasteiger partial charge on any atom is -0.295 e. The molecule has 2 heterocycles. The molecule has 2 aromatic heterocycles. The third kappa shape index (κ3) is 2.73. The smallest absolute Gasteiger partial charge is 0.293 e. The van der Waals surface area contributed by atoms with Gasteiger partial charge in [-0.05, 0) is 12.1 Å². The third-order valence-corrected chi connectivity index (χ3v) is 2.78. The maximum absolute atomic E-state index is 11.2. The van der Waals surface area contributed by atoms with Gasteiger partial charge in [0.1, 0.15) is 0 Å². The van der Waals surface area contributed by atoms with Gasteiger partial charge in [-0.2, -0.15) is 0 Å². The van der Waals surface area contributed by atoms with Crippen LogP contribution in [0, 0.1) is 0 Å². The molecule has 2 aromatic rings. The molecule has 1 amide bonds. The van der Waals surface area contributed by atoms with Crippen LogP contribution in [0.1, 0.15) is 6.92 Å². The Morgan fingerprint density at radius 3 is 2.65 bits per heavy atom. The second-order valence-corrected chi connectivity index (χ2v) is 4.14. The topological polar surface area (TPSA) is 72.0 Å². The van der Waals surface area contributed by atoms with Gasteiger partial charge in [0.05, 0.1) is 5.69 Å². The number of hydrogen-bond acceptors (Lipinski definition) is 5. The number of carbonyl (C=O) groups is 2. The second-order valence-electron chi connectivity index (χ2n) is 3.28. The van der Waals surface area contributed by atoms with Crippen LogP contribution in [-0.2, 0) is 9.59 Å².